The van der Waals surface area contributed by atoms with E-state index in [-0.39, 0.29) is 11.9 Å². The molecule has 3 rings (SSSR count). The van der Waals surface area contributed by atoms with Crippen LogP contribution in [0.1, 0.15) is 28.9 Å². The summed E-state index contributed by atoms with van der Waals surface area (Å²) in [4.78, 5) is 22.2. The van der Waals surface area contributed by atoms with Crippen molar-refractivity contribution in [3.05, 3.63) is 17.5 Å². The predicted octanol–water partition coefficient (Wildman–Crippen LogP) is 0.910. The Balaban J connectivity index is 1.85. The summed E-state index contributed by atoms with van der Waals surface area (Å²) in [5, 5.41) is 0. The van der Waals surface area contributed by atoms with Crippen LogP contribution < -0.4 is 5.73 Å². The van der Waals surface area contributed by atoms with Gasteiger partial charge in [0, 0.05) is 12.2 Å². The molecule has 6 heteroatoms. The lowest BCUT2D eigenvalue weighted by Gasteiger charge is -2.30. The van der Waals surface area contributed by atoms with Crippen LogP contribution in [0.3, 0.4) is 0 Å². The van der Waals surface area contributed by atoms with E-state index in [0.717, 1.165) is 30.0 Å². The Hall–Kier alpha value is -1.30. The van der Waals surface area contributed by atoms with Gasteiger partial charge < -0.3 is 10.6 Å². The number of nitrogens with two attached hydrogens (primary N) is 1. The molecule has 0 unspecified atom stereocenters. The molecule has 2 aliphatic heterocycles. The molecule has 1 saturated heterocycles. The fourth-order valence-corrected chi connectivity index (χ4v) is 3.49. The molecule has 2 N–H and O–H groups in total. The number of nitrogen functional groups attached to an aromatic ring is 1. The highest BCUT2D eigenvalue weighted by Gasteiger charge is 2.34. The number of hydrogen-bond acceptors (Lipinski definition) is 5. The number of rotatable bonds is 1. The molecular formula is C11H14N4OS. The topological polar surface area (TPSA) is 72.1 Å². The minimum atomic E-state index is 0.0666. The second kappa shape index (κ2) is 4.18. The Morgan fingerprint density at radius 3 is 2.94 bits per heavy atom. The van der Waals surface area contributed by atoms with Crippen LogP contribution in [0.2, 0.25) is 0 Å². The number of amides is 1. The van der Waals surface area contributed by atoms with Gasteiger partial charge in [0.2, 0.25) is 5.95 Å². The molecule has 17 heavy (non-hydrogen) atoms. The van der Waals surface area contributed by atoms with Gasteiger partial charge in [-0.05, 0) is 24.3 Å². The molecule has 0 atom stereocenters. The summed E-state index contributed by atoms with van der Waals surface area (Å²) < 4.78 is 0. The Labute approximate surface area is 104 Å². The molecule has 0 spiro atoms. The predicted molar refractivity (Wildman–Crippen MR) is 66.7 cm³/mol. The second-order valence-electron chi connectivity index (χ2n) is 4.37. The van der Waals surface area contributed by atoms with Crippen LogP contribution in [0.15, 0.2) is 6.20 Å². The van der Waals surface area contributed by atoms with Crippen molar-refractivity contribution in [2.24, 2.45) is 0 Å². The summed E-state index contributed by atoms with van der Waals surface area (Å²) in [5.74, 6) is 2.59. The van der Waals surface area contributed by atoms with Crippen LogP contribution in [0.4, 0.5) is 5.95 Å². The number of fused-ring (bicyclic) bond motifs is 1. The van der Waals surface area contributed by atoms with Crippen LogP contribution in [0, 0.1) is 0 Å². The first-order chi connectivity index (χ1) is 8.25. The monoisotopic (exact) mass is 250 g/mol. The van der Waals surface area contributed by atoms with Crippen molar-refractivity contribution in [2.75, 3.05) is 17.2 Å². The lowest BCUT2D eigenvalue weighted by atomic mass is 10.1. The average Bonchev–Trinajstić information content (AvgIpc) is 2.67. The Morgan fingerprint density at radius 1 is 1.41 bits per heavy atom. The zero-order valence-corrected chi connectivity index (χ0v) is 10.2. The summed E-state index contributed by atoms with van der Waals surface area (Å²) in [7, 11) is 0. The van der Waals surface area contributed by atoms with E-state index >= 15 is 0 Å². The lowest BCUT2D eigenvalue weighted by Crippen LogP contribution is -2.38. The third kappa shape index (κ3) is 1.86. The van der Waals surface area contributed by atoms with E-state index in [9.17, 15) is 4.79 Å². The van der Waals surface area contributed by atoms with E-state index in [4.69, 9.17) is 5.73 Å². The molecule has 1 aromatic heterocycles. The van der Waals surface area contributed by atoms with Crippen molar-refractivity contribution >= 4 is 23.6 Å². The van der Waals surface area contributed by atoms with Gasteiger partial charge in [-0.15, -0.1) is 0 Å². The molecule has 0 aliphatic carbocycles. The number of hydrogen-bond donors (Lipinski definition) is 1. The van der Waals surface area contributed by atoms with Crippen molar-refractivity contribution < 1.29 is 4.79 Å². The second-order valence-corrected chi connectivity index (χ2v) is 5.59. The summed E-state index contributed by atoms with van der Waals surface area (Å²) in [6, 6.07) is 0.360. The first-order valence-electron chi connectivity index (χ1n) is 5.76. The third-order valence-electron chi connectivity index (χ3n) is 3.33. The minimum absolute atomic E-state index is 0.0666. The summed E-state index contributed by atoms with van der Waals surface area (Å²) >= 11 is 1.96. The zero-order valence-electron chi connectivity index (χ0n) is 9.43. The van der Waals surface area contributed by atoms with E-state index in [0.29, 0.717) is 18.2 Å². The van der Waals surface area contributed by atoms with Gasteiger partial charge in [0.15, 0.2) is 0 Å². The van der Waals surface area contributed by atoms with E-state index in [2.05, 4.69) is 9.97 Å². The molecule has 2 aliphatic rings. The van der Waals surface area contributed by atoms with Gasteiger partial charge in [0.25, 0.3) is 5.91 Å². The van der Waals surface area contributed by atoms with E-state index in [1.807, 2.05) is 16.7 Å². The molecule has 1 amide bonds. The summed E-state index contributed by atoms with van der Waals surface area (Å²) in [6.07, 6.45) is 3.71. The maximum absolute atomic E-state index is 12.2. The van der Waals surface area contributed by atoms with Gasteiger partial charge in [-0.2, -0.15) is 11.8 Å². The number of nitrogens with zero attached hydrogens (tertiary/aromatic N) is 3. The fourth-order valence-electron chi connectivity index (χ4n) is 2.41. The average molecular weight is 250 g/mol. The maximum Gasteiger partial charge on any atom is 0.257 e. The van der Waals surface area contributed by atoms with Crippen LogP contribution in [-0.4, -0.2) is 38.3 Å². The number of aromatic nitrogens is 2. The van der Waals surface area contributed by atoms with Crippen molar-refractivity contribution in [3.8, 4) is 0 Å². The van der Waals surface area contributed by atoms with Crippen molar-refractivity contribution in [2.45, 2.75) is 25.4 Å². The Kier molecular flexibility index (Phi) is 2.66. The maximum atomic E-state index is 12.2. The molecule has 3 heterocycles. The highest BCUT2D eigenvalue weighted by molar-refractivity contribution is 7.99. The molecule has 0 saturated carbocycles. The van der Waals surface area contributed by atoms with Crippen LogP contribution in [-0.2, 0) is 6.54 Å². The minimum Gasteiger partial charge on any atom is -0.368 e. The highest BCUT2D eigenvalue weighted by atomic mass is 32.2. The van der Waals surface area contributed by atoms with Gasteiger partial charge in [-0.25, -0.2) is 9.97 Å². The zero-order chi connectivity index (χ0) is 11.8. The van der Waals surface area contributed by atoms with Crippen molar-refractivity contribution in [1.29, 1.82) is 0 Å². The van der Waals surface area contributed by atoms with Gasteiger partial charge in [-0.1, -0.05) is 0 Å². The van der Waals surface area contributed by atoms with Crippen LogP contribution in [0.25, 0.3) is 0 Å². The number of carbonyl (C=O) groups excluding carboxylic acids is 1. The molecule has 0 aromatic carbocycles. The van der Waals surface area contributed by atoms with E-state index < -0.39 is 0 Å². The van der Waals surface area contributed by atoms with E-state index in [1.54, 1.807) is 6.20 Å². The Morgan fingerprint density at radius 2 is 2.18 bits per heavy atom. The fraction of sp³-hybridized carbons (Fsp3) is 0.545. The van der Waals surface area contributed by atoms with Gasteiger partial charge in [0.1, 0.15) is 0 Å². The van der Waals surface area contributed by atoms with Gasteiger partial charge >= 0.3 is 0 Å². The highest BCUT2D eigenvalue weighted by Crippen LogP contribution is 2.29. The third-order valence-corrected chi connectivity index (χ3v) is 4.38. The first kappa shape index (κ1) is 10.8. The molecule has 5 nitrogen and oxygen atoms in total. The quantitative estimate of drug-likeness (QED) is 0.802. The SMILES string of the molecule is Nc1ncc2c(n1)CN(C1CCSCC1)C2=O. The summed E-state index contributed by atoms with van der Waals surface area (Å²) in [6.45, 7) is 0.593. The molecular weight excluding hydrogens is 236 g/mol. The molecule has 1 fully saturated rings. The lowest BCUT2D eigenvalue weighted by molar-refractivity contribution is 0.0692. The van der Waals surface area contributed by atoms with Crippen molar-refractivity contribution in [1.82, 2.24) is 14.9 Å². The molecule has 90 valence electrons. The number of thioether (sulfide) groups is 1. The van der Waals surface area contributed by atoms with Crippen LogP contribution >= 0.6 is 11.8 Å². The molecule has 0 radical (unpaired) electrons. The standard InChI is InChI=1S/C11H14N4OS/c12-11-13-5-8-9(14-11)6-15(10(8)16)7-1-3-17-4-2-7/h5,7H,1-4,6H2,(H2,12,13,14). The molecule has 1 aromatic rings. The first-order valence-corrected chi connectivity index (χ1v) is 6.91. The van der Waals surface area contributed by atoms with Gasteiger partial charge in [0.05, 0.1) is 17.8 Å². The molecule has 0 bridgehead atoms. The summed E-state index contributed by atoms with van der Waals surface area (Å²) in [5.41, 5.74) is 6.95. The smallest absolute Gasteiger partial charge is 0.257 e. The van der Waals surface area contributed by atoms with E-state index in [1.165, 1.54) is 0 Å². The van der Waals surface area contributed by atoms with Crippen molar-refractivity contribution in [3.63, 3.8) is 0 Å². The largest absolute Gasteiger partial charge is 0.368 e. The van der Waals surface area contributed by atoms with Gasteiger partial charge in [-0.3, -0.25) is 4.79 Å². The van der Waals surface area contributed by atoms with Crippen LogP contribution in [0.5, 0.6) is 0 Å². The number of carbonyl (C=O) groups is 1. The normalized spacial score (nSPS) is 20.7. The Bertz CT molecular complexity index is 459. The number of anilines is 1.